The third-order valence-electron chi connectivity index (χ3n) is 6.83. The van der Waals surface area contributed by atoms with Crippen molar-refractivity contribution in [3.8, 4) is 0 Å². The number of hydrogen-bond donors (Lipinski definition) is 4. The Bertz CT molecular complexity index is 1250. The summed E-state index contributed by atoms with van der Waals surface area (Å²) >= 11 is 0. The van der Waals surface area contributed by atoms with Crippen molar-refractivity contribution >= 4 is 28.3 Å². The summed E-state index contributed by atoms with van der Waals surface area (Å²) in [4.78, 5) is 17.6. The Kier molecular flexibility index (Phi) is 5.47. The lowest BCUT2D eigenvalue weighted by atomic mass is 9.84. The van der Waals surface area contributed by atoms with Gasteiger partial charge in [0.05, 0.1) is 0 Å². The number of aromatic amines is 1. The number of rotatable bonds is 6. The average molecular weight is 448 g/mol. The van der Waals surface area contributed by atoms with Gasteiger partial charge >= 0.3 is 0 Å². The van der Waals surface area contributed by atoms with Crippen molar-refractivity contribution in [2.24, 2.45) is 11.5 Å². The summed E-state index contributed by atoms with van der Waals surface area (Å²) in [6.45, 7) is 3.12. The van der Waals surface area contributed by atoms with Gasteiger partial charge in [-0.2, -0.15) is 0 Å². The van der Waals surface area contributed by atoms with E-state index < -0.39 is 5.91 Å². The van der Waals surface area contributed by atoms with Gasteiger partial charge in [0.1, 0.15) is 23.2 Å². The van der Waals surface area contributed by atoms with Gasteiger partial charge in [0, 0.05) is 50.7 Å². The number of carbonyl (C=O) groups is 1. The van der Waals surface area contributed by atoms with E-state index in [1.165, 1.54) is 23.1 Å². The number of piperidine rings is 1. The van der Waals surface area contributed by atoms with E-state index in [-0.39, 0.29) is 11.4 Å². The molecule has 0 unspecified atom stereocenters. The van der Waals surface area contributed by atoms with Gasteiger partial charge in [-0.25, -0.2) is 14.3 Å². The van der Waals surface area contributed by atoms with Crippen LogP contribution in [0.1, 0.15) is 18.4 Å². The van der Waals surface area contributed by atoms with Gasteiger partial charge < -0.3 is 16.5 Å². The Labute approximate surface area is 191 Å². The maximum atomic E-state index is 13.3. The SMILES string of the molecule is NCC1([N+]2=C(Nc3ccc(F)cc3)C(C(N)=O)=C2)CCN(Cc2ccc3[nH]ccc3c2)CC1. The predicted molar refractivity (Wildman–Crippen MR) is 127 cm³/mol. The van der Waals surface area contributed by atoms with E-state index in [1.54, 1.807) is 18.3 Å². The fourth-order valence-electron chi connectivity index (χ4n) is 4.80. The smallest absolute Gasteiger partial charge is 0.296 e. The first-order valence-electron chi connectivity index (χ1n) is 11.2. The highest BCUT2D eigenvalue weighted by molar-refractivity contribution is 6.24. The molecule has 8 heteroatoms. The van der Waals surface area contributed by atoms with E-state index in [9.17, 15) is 9.18 Å². The Morgan fingerprint density at radius 1 is 1.15 bits per heavy atom. The molecular formula is C25H28FN6O+. The quantitative estimate of drug-likeness (QED) is 0.436. The molecule has 2 aliphatic heterocycles. The fraction of sp³-hybridized carbons (Fsp3) is 0.280. The highest BCUT2D eigenvalue weighted by Crippen LogP contribution is 2.31. The highest BCUT2D eigenvalue weighted by atomic mass is 19.1. The van der Waals surface area contributed by atoms with E-state index in [1.807, 2.05) is 6.20 Å². The highest BCUT2D eigenvalue weighted by Gasteiger charge is 2.47. The molecule has 6 N–H and O–H groups in total. The molecule has 0 radical (unpaired) electrons. The molecule has 3 heterocycles. The largest absolute Gasteiger partial charge is 0.365 e. The van der Waals surface area contributed by atoms with Gasteiger partial charge in [-0.15, -0.1) is 0 Å². The molecule has 1 saturated heterocycles. The molecule has 33 heavy (non-hydrogen) atoms. The van der Waals surface area contributed by atoms with Crippen LogP contribution in [-0.4, -0.2) is 51.4 Å². The summed E-state index contributed by atoms with van der Waals surface area (Å²) in [5.74, 6) is -0.185. The lowest BCUT2D eigenvalue weighted by Crippen LogP contribution is -2.59. The van der Waals surface area contributed by atoms with E-state index in [4.69, 9.17) is 11.5 Å². The molecule has 2 aromatic carbocycles. The summed E-state index contributed by atoms with van der Waals surface area (Å²) < 4.78 is 15.4. The van der Waals surface area contributed by atoms with Crippen molar-refractivity contribution < 1.29 is 13.8 Å². The zero-order valence-electron chi connectivity index (χ0n) is 18.4. The van der Waals surface area contributed by atoms with Gasteiger partial charge in [0.2, 0.25) is 0 Å². The van der Waals surface area contributed by atoms with Crippen LogP contribution in [0.4, 0.5) is 10.1 Å². The van der Waals surface area contributed by atoms with Gasteiger partial charge in [-0.05, 0) is 53.4 Å². The molecule has 170 valence electrons. The molecule has 1 aromatic heterocycles. The molecular weight excluding hydrogens is 419 g/mol. The van der Waals surface area contributed by atoms with Crippen molar-refractivity contribution in [1.29, 1.82) is 0 Å². The average Bonchev–Trinajstić information content (AvgIpc) is 3.27. The second kappa shape index (κ2) is 8.46. The Hall–Kier alpha value is -3.49. The van der Waals surface area contributed by atoms with E-state index in [0.29, 0.717) is 23.6 Å². The summed E-state index contributed by atoms with van der Waals surface area (Å²) in [6, 6.07) is 14.6. The number of primary amides is 1. The van der Waals surface area contributed by atoms with Gasteiger partial charge in [-0.3, -0.25) is 9.69 Å². The minimum absolute atomic E-state index is 0.303. The predicted octanol–water partition coefficient (Wildman–Crippen LogP) is 2.51. The molecule has 0 atom stereocenters. The van der Waals surface area contributed by atoms with Crippen molar-refractivity contribution in [2.75, 3.05) is 25.0 Å². The van der Waals surface area contributed by atoms with Gasteiger partial charge in [0.15, 0.2) is 5.57 Å². The number of nitrogens with one attached hydrogen (secondary N) is 2. The van der Waals surface area contributed by atoms with Crippen LogP contribution in [-0.2, 0) is 11.3 Å². The molecule has 0 aliphatic carbocycles. The van der Waals surface area contributed by atoms with Crippen LogP contribution in [0.2, 0.25) is 0 Å². The van der Waals surface area contributed by atoms with Crippen LogP contribution in [0.3, 0.4) is 0 Å². The lowest BCUT2D eigenvalue weighted by Gasteiger charge is -2.42. The first kappa shape index (κ1) is 21.4. The maximum Gasteiger partial charge on any atom is 0.296 e. The minimum atomic E-state index is -0.499. The van der Waals surface area contributed by atoms with Crippen LogP contribution >= 0.6 is 0 Å². The zero-order valence-corrected chi connectivity index (χ0v) is 18.4. The Morgan fingerprint density at radius 3 is 2.61 bits per heavy atom. The van der Waals surface area contributed by atoms with Crippen molar-refractivity contribution in [3.63, 3.8) is 0 Å². The van der Waals surface area contributed by atoms with Crippen molar-refractivity contribution in [3.05, 3.63) is 77.9 Å². The molecule has 0 bridgehead atoms. The zero-order chi connectivity index (χ0) is 23.0. The first-order valence-corrected chi connectivity index (χ1v) is 11.2. The number of likely N-dealkylation sites (tertiary alicyclic amines) is 1. The molecule has 1 amide bonds. The van der Waals surface area contributed by atoms with E-state index in [0.717, 1.165) is 38.0 Å². The van der Waals surface area contributed by atoms with E-state index in [2.05, 4.69) is 44.0 Å². The topological polar surface area (TPSA) is 103 Å². The molecule has 2 aliphatic rings. The van der Waals surface area contributed by atoms with Crippen molar-refractivity contribution in [1.82, 2.24) is 9.88 Å². The van der Waals surface area contributed by atoms with Gasteiger partial charge in [0.25, 0.3) is 11.7 Å². The second-order valence-electron chi connectivity index (χ2n) is 8.86. The second-order valence-corrected chi connectivity index (χ2v) is 8.86. The Balaban J connectivity index is 1.32. The minimum Gasteiger partial charge on any atom is -0.365 e. The standard InChI is InChI=1S/C25H27FN6O/c26-19-2-4-20(5-3-19)30-24-21(23(28)33)15-32(24)25(16-27)8-11-31(12-9-25)14-17-1-6-22-18(13-17)7-10-29-22/h1-7,10,13,15,29H,8-9,11-12,14,16,27H2,(H2,28,33)/p+1. The number of benzene rings is 2. The van der Waals surface area contributed by atoms with Crippen LogP contribution < -0.4 is 16.8 Å². The first-order chi connectivity index (χ1) is 16.0. The molecule has 0 saturated carbocycles. The number of hydrogen-bond acceptors (Lipinski definition) is 4. The third-order valence-corrected chi connectivity index (χ3v) is 6.83. The van der Waals surface area contributed by atoms with Crippen molar-refractivity contribution in [2.45, 2.75) is 24.9 Å². The molecule has 5 rings (SSSR count). The number of fused-ring (bicyclic) bond motifs is 1. The molecule has 7 nitrogen and oxygen atoms in total. The Morgan fingerprint density at radius 2 is 1.91 bits per heavy atom. The number of amides is 1. The van der Waals surface area contributed by atoms with Gasteiger partial charge in [-0.1, -0.05) is 6.07 Å². The summed E-state index contributed by atoms with van der Waals surface area (Å²) in [7, 11) is 0. The normalized spacial score (nSPS) is 18.2. The van der Waals surface area contributed by atoms with Crippen LogP contribution in [0, 0.1) is 5.82 Å². The van der Waals surface area contributed by atoms with Crippen LogP contribution in [0.15, 0.2) is 66.5 Å². The van der Waals surface area contributed by atoms with Crippen LogP contribution in [0.25, 0.3) is 10.9 Å². The monoisotopic (exact) mass is 447 g/mol. The maximum absolute atomic E-state index is 13.3. The number of H-pyrrole nitrogens is 1. The van der Waals surface area contributed by atoms with Crippen LogP contribution in [0.5, 0.6) is 0 Å². The molecule has 1 fully saturated rings. The number of halogens is 1. The number of nitrogens with two attached hydrogens (primary N) is 2. The summed E-state index contributed by atoms with van der Waals surface area (Å²) in [5.41, 5.74) is 15.1. The fourth-order valence-corrected chi connectivity index (χ4v) is 4.80. The number of anilines is 1. The number of nitrogens with zero attached hydrogens (tertiary/aromatic N) is 2. The van der Waals surface area contributed by atoms with E-state index >= 15 is 0 Å². The summed E-state index contributed by atoms with van der Waals surface area (Å²) in [6.07, 6.45) is 5.45. The lowest BCUT2D eigenvalue weighted by molar-refractivity contribution is -0.561. The number of aromatic nitrogens is 1. The number of amidine groups is 1. The third kappa shape index (κ3) is 4.03. The number of carbonyl (C=O) groups excluding carboxylic acids is 1. The molecule has 0 spiro atoms. The summed E-state index contributed by atoms with van der Waals surface area (Å²) in [5, 5.41) is 4.46. The molecule has 3 aromatic rings.